The van der Waals surface area contributed by atoms with Crippen LogP contribution < -0.4 is 5.32 Å². The lowest BCUT2D eigenvalue weighted by molar-refractivity contribution is 0.142. The van der Waals surface area contributed by atoms with E-state index >= 15 is 0 Å². The first-order valence-corrected chi connectivity index (χ1v) is 7.44. The van der Waals surface area contributed by atoms with Gasteiger partial charge in [-0.3, -0.25) is 0 Å². The third-order valence-electron chi connectivity index (χ3n) is 4.10. The summed E-state index contributed by atoms with van der Waals surface area (Å²) in [5.74, 6) is -0.124. The van der Waals surface area contributed by atoms with Crippen LogP contribution in [-0.4, -0.2) is 35.2 Å². The molecule has 0 saturated carbocycles. The van der Waals surface area contributed by atoms with E-state index in [2.05, 4.69) is 5.32 Å². The monoisotopic (exact) mass is 314 g/mol. The number of likely N-dealkylation sites (tertiary alicyclic amines) is 1. The summed E-state index contributed by atoms with van der Waals surface area (Å²) in [4.78, 5) is 14.0. The Kier molecular flexibility index (Phi) is 5.06. The molecule has 3 atom stereocenters. The van der Waals surface area contributed by atoms with Crippen LogP contribution in [0.25, 0.3) is 0 Å². The molecule has 0 aromatic heterocycles. The van der Waals surface area contributed by atoms with Crippen molar-refractivity contribution in [1.29, 1.82) is 0 Å². The predicted molar refractivity (Wildman–Crippen MR) is 79.7 cm³/mol. The Hall–Kier alpha value is -1.33. The molecule has 116 valence electrons. The number of hydrogen-bond donors (Lipinski definition) is 2. The van der Waals surface area contributed by atoms with Crippen LogP contribution in [0.5, 0.6) is 0 Å². The number of hydrogen-bond acceptors (Lipinski definition) is 2. The van der Waals surface area contributed by atoms with E-state index in [1.807, 2.05) is 6.92 Å². The molecule has 0 radical (unpaired) electrons. The Morgan fingerprint density at radius 1 is 1.62 bits per heavy atom. The maximum absolute atomic E-state index is 13.1. The smallest absolute Gasteiger partial charge is 0.318 e. The second kappa shape index (κ2) is 6.62. The van der Waals surface area contributed by atoms with Crippen LogP contribution in [0.3, 0.4) is 0 Å². The van der Waals surface area contributed by atoms with Gasteiger partial charge in [0.15, 0.2) is 0 Å². The number of amides is 2. The van der Waals surface area contributed by atoms with Gasteiger partial charge in [0.1, 0.15) is 5.82 Å². The summed E-state index contributed by atoms with van der Waals surface area (Å²) in [7, 11) is 0. The lowest BCUT2D eigenvalue weighted by atomic mass is 10.0. The Balaban J connectivity index is 2.05. The van der Waals surface area contributed by atoms with Crippen molar-refractivity contribution < 1.29 is 14.3 Å². The van der Waals surface area contributed by atoms with Crippen LogP contribution in [0.2, 0.25) is 5.02 Å². The van der Waals surface area contributed by atoms with Crippen molar-refractivity contribution in [3.8, 4) is 0 Å². The topological polar surface area (TPSA) is 52.6 Å². The molecule has 2 rings (SSSR count). The van der Waals surface area contributed by atoms with Gasteiger partial charge in [-0.15, -0.1) is 0 Å². The van der Waals surface area contributed by atoms with E-state index in [4.69, 9.17) is 11.6 Å². The zero-order valence-electron chi connectivity index (χ0n) is 12.1. The van der Waals surface area contributed by atoms with E-state index in [0.717, 1.165) is 6.42 Å². The molecule has 4 nitrogen and oxygen atoms in total. The van der Waals surface area contributed by atoms with Gasteiger partial charge in [0.25, 0.3) is 0 Å². The van der Waals surface area contributed by atoms with Gasteiger partial charge in [-0.25, -0.2) is 9.18 Å². The fourth-order valence-electron chi connectivity index (χ4n) is 2.74. The first kappa shape index (κ1) is 16.0. The summed E-state index contributed by atoms with van der Waals surface area (Å²) in [5, 5.41) is 12.5. The van der Waals surface area contributed by atoms with Gasteiger partial charge in [-0.1, -0.05) is 24.6 Å². The first-order chi connectivity index (χ1) is 9.93. The van der Waals surface area contributed by atoms with E-state index in [0.29, 0.717) is 12.1 Å². The molecule has 21 heavy (non-hydrogen) atoms. The first-order valence-electron chi connectivity index (χ1n) is 7.07. The molecule has 1 aromatic rings. The molecule has 2 amide bonds. The van der Waals surface area contributed by atoms with Crippen LogP contribution >= 0.6 is 11.6 Å². The Labute approximate surface area is 128 Å². The number of urea groups is 1. The maximum Gasteiger partial charge on any atom is 0.318 e. The number of carbonyl (C=O) groups is 1. The average Bonchev–Trinajstić information content (AvgIpc) is 2.79. The third kappa shape index (κ3) is 3.47. The van der Waals surface area contributed by atoms with Gasteiger partial charge >= 0.3 is 6.03 Å². The van der Waals surface area contributed by atoms with Crippen LogP contribution in [-0.2, 0) is 0 Å². The summed E-state index contributed by atoms with van der Waals surface area (Å²) in [6.07, 6.45) is 0.879. The van der Waals surface area contributed by atoms with Gasteiger partial charge < -0.3 is 15.3 Å². The molecule has 1 saturated heterocycles. The van der Waals surface area contributed by atoms with E-state index in [-0.39, 0.29) is 35.7 Å². The van der Waals surface area contributed by atoms with Crippen molar-refractivity contribution >= 4 is 17.6 Å². The second-order valence-corrected chi connectivity index (χ2v) is 5.95. The molecular weight excluding hydrogens is 295 g/mol. The lowest BCUT2D eigenvalue weighted by Crippen LogP contribution is -2.46. The molecule has 0 aliphatic carbocycles. The molecule has 1 heterocycles. The Morgan fingerprint density at radius 2 is 2.33 bits per heavy atom. The lowest BCUT2D eigenvalue weighted by Gasteiger charge is -2.27. The van der Waals surface area contributed by atoms with Gasteiger partial charge in [0.2, 0.25) is 0 Å². The van der Waals surface area contributed by atoms with Gasteiger partial charge in [-0.05, 0) is 37.0 Å². The molecule has 6 heteroatoms. The molecule has 3 unspecified atom stereocenters. The highest BCUT2D eigenvalue weighted by molar-refractivity contribution is 6.31. The summed E-state index contributed by atoms with van der Waals surface area (Å²) in [6, 6.07) is 3.40. The fourth-order valence-corrected chi connectivity index (χ4v) is 3.07. The number of benzene rings is 1. The SMILES string of the molecule is CC(NC(=O)N1CCC(C)C1CO)c1ccc(F)cc1Cl. The van der Waals surface area contributed by atoms with Gasteiger partial charge in [-0.2, -0.15) is 0 Å². The highest BCUT2D eigenvalue weighted by Crippen LogP contribution is 2.26. The van der Waals surface area contributed by atoms with E-state index in [1.165, 1.54) is 12.1 Å². The molecule has 2 N–H and O–H groups in total. The predicted octanol–water partition coefficient (Wildman–Crippen LogP) is 2.95. The molecule has 1 aliphatic rings. The standard InChI is InChI=1S/C15H20ClFN2O2/c1-9-5-6-19(14(9)8-20)15(21)18-10(2)12-4-3-11(17)7-13(12)16/h3-4,7,9-10,14,20H,5-6,8H2,1-2H3,(H,18,21). The summed E-state index contributed by atoms with van der Waals surface area (Å²) >= 11 is 6.00. The van der Waals surface area contributed by atoms with Crippen LogP contribution in [0, 0.1) is 11.7 Å². The molecule has 1 aliphatic heterocycles. The number of nitrogens with zero attached hydrogens (tertiary/aromatic N) is 1. The molecule has 0 spiro atoms. The van der Waals surface area contributed by atoms with Crippen molar-refractivity contribution in [2.24, 2.45) is 5.92 Å². The van der Waals surface area contributed by atoms with E-state index in [9.17, 15) is 14.3 Å². The largest absolute Gasteiger partial charge is 0.394 e. The molecule has 1 aromatic carbocycles. The number of aliphatic hydroxyl groups excluding tert-OH is 1. The summed E-state index contributed by atoms with van der Waals surface area (Å²) in [5.41, 5.74) is 0.666. The number of aliphatic hydroxyl groups is 1. The Bertz CT molecular complexity index is 526. The van der Waals surface area contributed by atoms with Crippen LogP contribution in [0.4, 0.5) is 9.18 Å². The third-order valence-corrected chi connectivity index (χ3v) is 4.43. The quantitative estimate of drug-likeness (QED) is 0.901. The maximum atomic E-state index is 13.1. The number of nitrogens with one attached hydrogen (secondary N) is 1. The second-order valence-electron chi connectivity index (χ2n) is 5.55. The molecular formula is C15H20ClFN2O2. The van der Waals surface area contributed by atoms with Crippen molar-refractivity contribution in [1.82, 2.24) is 10.2 Å². The zero-order chi connectivity index (χ0) is 15.6. The Morgan fingerprint density at radius 3 is 2.95 bits per heavy atom. The van der Waals surface area contributed by atoms with E-state index < -0.39 is 5.82 Å². The van der Waals surface area contributed by atoms with Crippen molar-refractivity contribution in [2.45, 2.75) is 32.4 Å². The minimum absolute atomic E-state index is 0.0414. The fraction of sp³-hybridized carbons (Fsp3) is 0.533. The van der Waals surface area contributed by atoms with Gasteiger partial charge in [0, 0.05) is 11.6 Å². The van der Waals surface area contributed by atoms with E-state index in [1.54, 1.807) is 17.9 Å². The normalized spacial score (nSPS) is 23.2. The van der Waals surface area contributed by atoms with Crippen LogP contribution in [0.15, 0.2) is 18.2 Å². The van der Waals surface area contributed by atoms with Crippen molar-refractivity contribution in [3.05, 3.63) is 34.6 Å². The summed E-state index contributed by atoms with van der Waals surface area (Å²) < 4.78 is 13.1. The minimum atomic E-state index is -0.406. The van der Waals surface area contributed by atoms with Crippen LogP contribution in [0.1, 0.15) is 31.9 Å². The number of carbonyl (C=O) groups excluding carboxylic acids is 1. The minimum Gasteiger partial charge on any atom is -0.394 e. The number of halogens is 2. The highest BCUT2D eigenvalue weighted by atomic mass is 35.5. The number of rotatable bonds is 3. The van der Waals surface area contributed by atoms with Gasteiger partial charge in [0.05, 0.1) is 18.7 Å². The molecule has 1 fully saturated rings. The molecule has 0 bridgehead atoms. The summed E-state index contributed by atoms with van der Waals surface area (Å²) in [6.45, 7) is 4.40. The van der Waals surface area contributed by atoms with Crippen molar-refractivity contribution in [2.75, 3.05) is 13.2 Å². The van der Waals surface area contributed by atoms with Crippen molar-refractivity contribution in [3.63, 3.8) is 0 Å². The zero-order valence-corrected chi connectivity index (χ0v) is 12.9. The average molecular weight is 315 g/mol. The highest BCUT2D eigenvalue weighted by Gasteiger charge is 2.34.